The summed E-state index contributed by atoms with van der Waals surface area (Å²) in [4.78, 5) is 10.3. The Labute approximate surface area is 116 Å². The van der Waals surface area contributed by atoms with E-state index in [1.165, 1.54) is 0 Å². The van der Waals surface area contributed by atoms with E-state index in [1.807, 2.05) is 13.8 Å². The van der Waals surface area contributed by atoms with Gasteiger partial charge in [0.2, 0.25) is 0 Å². The van der Waals surface area contributed by atoms with Crippen molar-refractivity contribution in [2.24, 2.45) is 5.73 Å². The molecule has 1 aromatic carbocycles. The van der Waals surface area contributed by atoms with Gasteiger partial charge in [-0.3, -0.25) is 10.1 Å². The first kappa shape index (κ1) is 15.7. The first-order valence-corrected chi connectivity index (χ1v) is 6.37. The molecule has 19 heavy (non-hydrogen) atoms. The highest BCUT2D eigenvalue weighted by molar-refractivity contribution is 6.31. The van der Waals surface area contributed by atoms with Crippen molar-refractivity contribution in [2.75, 3.05) is 11.9 Å². The number of hydrogen-bond acceptors (Lipinski definition) is 4. The Morgan fingerprint density at radius 1 is 1.47 bits per heavy atom. The molecule has 0 radical (unpaired) electrons. The Hall–Kier alpha value is -1.40. The van der Waals surface area contributed by atoms with Gasteiger partial charge in [-0.05, 0) is 12.8 Å². The van der Waals surface area contributed by atoms with Gasteiger partial charge >= 0.3 is 0 Å². The lowest BCUT2D eigenvalue weighted by Gasteiger charge is -2.27. The van der Waals surface area contributed by atoms with Crippen LogP contribution in [0.1, 0.15) is 26.7 Å². The zero-order chi connectivity index (χ0) is 14.6. The van der Waals surface area contributed by atoms with Gasteiger partial charge < -0.3 is 11.1 Å². The summed E-state index contributed by atoms with van der Waals surface area (Å²) in [7, 11) is 0. The summed E-state index contributed by atoms with van der Waals surface area (Å²) in [6, 6.07) is 2.02. The van der Waals surface area contributed by atoms with E-state index in [0.29, 0.717) is 19.4 Å². The Morgan fingerprint density at radius 2 is 2.05 bits per heavy atom. The number of benzene rings is 1. The number of halogens is 2. The maximum Gasteiger partial charge on any atom is 0.294 e. The number of nitrogens with two attached hydrogens (primary N) is 1. The molecule has 0 spiro atoms. The van der Waals surface area contributed by atoms with Crippen LogP contribution in [0.15, 0.2) is 12.1 Å². The van der Waals surface area contributed by atoms with Crippen LogP contribution in [-0.2, 0) is 0 Å². The van der Waals surface area contributed by atoms with Crippen LogP contribution >= 0.6 is 11.6 Å². The zero-order valence-corrected chi connectivity index (χ0v) is 11.6. The summed E-state index contributed by atoms with van der Waals surface area (Å²) < 4.78 is 13.4. The Balaban J connectivity index is 3.00. The molecule has 0 saturated heterocycles. The number of nitrogens with zero attached hydrogens (tertiary/aromatic N) is 1. The fraction of sp³-hybridized carbons (Fsp3) is 0.500. The lowest BCUT2D eigenvalue weighted by atomic mass is 9.94. The van der Waals surface area contributed by atoms with E-state index in [4.69, 9.17) is 17.3 Å². The predicted molar refractivity (Wildman–Crippen MR) is 74.1 cm³/mol. The molecule has 0 bridgehead atoms. The van der Waals surface area contributed by atoms with Crippen molar-refractivity contribution < 1.29 is 9.31 Å². The van der Waals surface area contributed by atoms with Crippen molar-refractivity contribution >= 4 is 23.0 Å². The predicted octanol–water partition coefficient (Wildman–Crippen LogP) is 3.32. The molecule has 3 N–H and O–H groups in total. The molecule has 0 unspecified atom stereocenters. The summed E-state index contributed by atoms with van der Waals surface area (Å²) >= 11 is 5.54. The largest absolute Gasteiger partial charge is 0.378 e. The van der Waals surface area contributed by atoms with Crippen molar-refractivity contribution in [3.8, 4) is 0 Å². The lowest BCUT2D eigenvalue weighted by molar-refractivity contribution is -0.384. The van der Waals surface area contributed by atoms with E-state index in [2.05, 4.69) is 5.32 Å². The van der Waals surface area contributed by atoms with Gasteiger partial charge in [0.1, 0.15) is 11.5 Å². The molecule has 1 rings (SSSR count). The topological polar surface area (TPSA) is 81.2 Å². The van der Waals surface area contributed by atoms with Crippen LogP contribution in [0.5, 0.6) is 0 Å². The van der Waals surface area contributed by atoms with Crippen LogP contribution in [0.2, 0.25) is 5.02 Å². The van der Waals surface area contributed by atoms with Crippen molar-refractivity contribution in [3.05, 3.63) is 33.1 Å². The van der Waals surface area contributed by atoms with Crippen LogP contribution in [0.3, 0.4) is 0 Å². The van der Waals surface area contributed by atoms with E-state index in [1.54, 1.807) is 0 Å². The molecule has 0 fully saturated rings. The highest BCUT2D eigenvalue weighted by Crippen LogP contribution is 2.30. The lowest BCUT2D eigenvalue weighted by Crippen LogP contribution is -2.45. The molecule has 0 aromatic heterocycles. The summed E-state index contributed by atoms with van der Waals surface area (Å²) in [6.07, 6.45) is 1.42. The molecular weight excluding hydrogens is 273 g/mol. The fourth-order valence-corrected chi connectivity index (χ4v) is 1.76. The highest BCUT2D eigenvalue weighted by atomic mass is 35.5. The summed E-state index contributed by atoms with van der Waals surface area (Å²) in [5, 5.41) is 13.5. The van der Waals surface area contributed by atoms with Crippen LogP contribution in [0, 0.1) is 15.9 Å². The standard InChI is InChI=1S/C12H17ClFN3O2/c1-3-12(15,4-2)7-16-10-6-9(14)8(13)5-11(10)17(18)19/h5-6,16H,3-4,7,15H2,1-2H3. The van der Waals surface area contributed by atoms with Crippen molar-refractivity contribution in [1.82, 2.24) is 0 Å². The molecule has 5 nitrogen and oxygen atoms in total. The van der Waals surface area contributed by atoms with Gasteiger partial charge in [-0.15, -0.1) is 0 Å². The minimum absolute atomic E-state index is 0.0867. The van der Waals surface area contributed by atoms with Crippen LogP contribution in [-0.4, -0.2) is 17.0 Å². The maximum absolute atomic E-state index is 13.4. The monoisotopic (exact) mass is 289 g/mol. The number of rotatable bonds is 6. The quantitative estimate of drug-likeness (QED) is 0.622. The van der Waals surface area contributed by atoms with Crippen molar-refractivity contribution in [1.29, 1.82) is 0 Å². The van der Waals surface area contributed by atoms with Crippen LogP contribution < -0.4 is 11.1 Å². The van der Waals surface area contributed by atoms with Gasteiger partial charge in [0.25, 0.3) is 5.69 Å². The smallest absolute Gasteiger partial charge is 0.294 e. The van der Waals surface area contributed by atoms with Gasteiger partial charge in [0.15, 0.2) is 0 Å². The molecule has 0 amide bonds. The SMILES string of the molecule is CCC(N)(CC)CNc1cc(F)c(Cl)cc1[N+](=O)[O-]. The molecule has 0 aliphatic carbocycles. The van der Waals surface area contributed by atoms with Crippen molar-refractivity contribution in [2.45, 2.75) is 32.2 Å². The normalized spacial score (nSPS) is 11.4. The van der Waals surface area contributed by atoms with Gasteiger partial charge in [0, 0.05) is 24.2 Å². The second-order valence-corrected chi connectivity index (χ2v) is 4.87. The average molecular weight is 290 g/mol. The zero-order valence-electron chi connectivity index (χ0n) is 10.9. The number of hydrogen-bond donors (Lipinski definition) is 2. The minimum Gasteiger partial charge on any atom is -0.378 e. The number of nitro benzene ring substituents is 1. The van der Waals surface area contributed by atoms with E-state index in [9.17, 15) is 14.5 Å². The van der Waals surface area contributed by atoms with E-state index in [-0.39, 0.29) is 16.4 Å². The third-order valence-corrected chi connectivity index (χ3v) is 3.56. The number of nitro groups is 1. The third kappa shape index (κ3) is 3.78. The molecule has 0 aliphatic heterocycles. The van der Waals surface area contributed by atoms with Crippen LogP contribution in [0.4, 0.5) is 15.8 Å². The number of anilines is 1. The summed E-state index contributed by atoms with van der Waals surface area (Å²) in [5.74, 6) is -0.703. The Bertz CT molecular complexity index is 478. The second kappa shape index (κ2) is 6.16. The molecule has 0 aliphatic rings. The van der Waals surface area contributed by atoms with E-state index < -0.39 is 16.3 Å². The van der Waals surface area contributed by atoms with E-state index >= 15 is 0 Å². The second-order valence-electron chi connectivity index (χ2n) is 4.46. The summed E-state index contributed by atoms with van der Waals surface area (Å²) in [6.45, 7) is 4.19. The third-order valence-electron chi connectivity index (χ3n) is 3.27. The molecule has 0 saturated carbocycles. The fourth-order valence-electron chi connectivity index (χ4n) is 1.60. The first-order chi connectivity index (χ1) is 8.83. The highest BCUT2D eigenvalue weighted by Gasteiger charge is 2.23. The summed E-state index contributed by atoms with van der Waals surface area (Å²) in [5.41, 5.74) is 5.43. The van der Waals surface area contributed by atoms with Gasteiger partial charge in [-0.25, -0.2) is 4.39 Å². The molecule has 1 aromatic rings. The van der Waals surface area contributed by atoms with Crippen molar-refractivity contribution in [3.63, 3.8) is 0 Å². The van der Waals surface area contributed by atoms with Gasteiger partial charge in [0.05, 0.1) is 9.95 Å². The van der Waals surface area contributed by atoms with E-state index in [0.717, 1.165) is 12.1 Å². The molecular formula is C12H17ClFN3O2. The minimum atomic E-state index is -0.703. The van der Waals surface area contributed by atoms with Gasteiger partial charge in [-0.1, -0.05) is 25.4 Å². The molecule has 7 heteroatoms. The number of nitrogens with one attached hydrogen (secondary N) is 1. The molecule has 106 valence electrons. The van der Waals surface area contributed by atoms with Gasteiger partial charge in [-0.2, -0.15) is 0 Å². The molecule has 0 atom stereocenters. The Kier molecular flexibility index (Phi) is 5.08. The Morgan fingerprint density at radius 3 is 2.53 bits per heavy atom. The molecule has 0 heterocycles. The maximum atomic E-state index is 13.4. The first-order valence-electron chi connectivity index (χ1n) is 5.99. The van der Waals surface area contributed by atoms with Crippen LogP contribution in [0.25, 0.3) is 0 Å². The average Bonchev–Trinajstić information content (AvgIpc) is 2.39.